The van der Waals surface area contributed by atoms with Crippen LogP contribution in [-0.2, 0) is 11.3 Å². The van der Waals surface area contributed by atoms with E-state index in [-0.39, 0.29) is 11.4 Å². The lowest BCUT2D eigenvalue weighted by atomic mass is 9.73. The third-order valence-corrected chi connectivity index (χ3v) is 6.56. The lowest BCUT2D eigenvalue weighted by Crippen LogP contribution is -2.53. The lowest BCUT2D eigenvalue weighted by molar-refractivity contribution is -0.130. The van der Waals surface area contributed by atoms with Gasteiger partial charge in [0.25, 0.3) is 0 Å². The van der Waals surface area contributed by atoms with Gasteiger partial charge in [0.05, 0.1) is 11.2 Å². The van der Waals surface area contributed by atoms with Crippen LogP contribution >= 0.6 is 0 Å². The number of aromatic nitrogens is 1. The highest BCUT2D eigenvalue weighted by Crippen LogP contribution is 2.48. The van der Waals surface area contributed by atoms with Gasteiger partial charge in [-0.3, -0.25) is 9.69 Å². The molecule has 3 heterocycles. The van der Waals surface area contributed by atoms with Crippen LogP contribution in [0.3, 0.4) is 0 Å². The number of aryl methyl sites for hydroxylation is 2. The van der Waals surface area contributed by atoms with E-state index in [4.69, 9.17) is 4.52 Å². The van der Waals surface area contributed by atoms with Gasteiger partial charge >= 0.3 is 0 Å². The molecule has 1 atom stereocenters. The van der Waals surface area contributed by atoms with Crippen molar-refractivity contribution in [1.29, 1.82) is 0 Å². The van der Waals surface area contributed by atoms with Crippen molar-refractivity contribution in [2.75, 3.05) is 20.1 Å². The molecule has 0 aliphatic carbocycles. The highest BCUT2D eigenvalue weighted by atomic mass is 16.5. The molecule has 1 amide bonds. The second kappa shape index (κ2) is 6.54. The number of carbonyl (C=O) groups is 1. The Morgan fingerprint density at radius 2 is 1.88 bits per heavy atom. The predicted octanol–water partition coefficient (Wildman–Crippen LogP) is 3.27. The molecule has 5 heteroatoms. The van der Waals surface area contributed by atoms with E-state index in [2.05, 4.69) is 34.3 Å². The van der Waals surface area contributed by atoms with Gasteiger partial charge in [-0.05, 0) is 32.3 Å². The minimum absolute atomic E-state index is 0.0479. The summed E-state index contributed by atoms with van der Waals surface area (Å²) < 4.78 is 5.31. The van der Waals surface area contributed by atoms with E-state index < -0.39 is 0 Å². The Balaban J connectivity index is 1.53. The van der Waals surface area contributed by atoms with Gasteiger partial charge in [0.15, 0.2) is 0 Å². The Morgan fingerprint density at radius 3 is 2.50 bits per heavy atom. The molecule has 1 aromatic heterocycles. The quantitative estimate of drug-likeness (QED) is 0.850. The zero-order valence-corrected chi connectivity index (χ0v) is 15.9. The van der Waals surface area contributed by atoms with E-state index in [1.807, 2.05) is 31.9 Å². The predicted molar refractivity (Wildman–Crippen MR) is 99.8 cm³/mol. The molecular formula is C21H27N3O2. The number of likely N-dealkylation sites (N-methyl/N-ethyl adjacent to an activating group) is 1. The molecule has 0 radical (unpaired) electrons. The number of nitrogens with zero attached hydrogens (tertiary/aromatic N) is 3. The molecule has 2 saturated heterocycles. The zero-order chi connectivity index (χ0) is 18.3. The van der Waals surface area contributed by atoms with Crippen molar-refractivity contribution >= 4 is 5.91 Å². The highest BCUT2D eigenvalue weighted by molar-refractivity contribution is 5.81. The van der Waals surface area contributed by atoms with Crippen LogP contribution in [0.1, 0.15) is 47.8 Å². The molecule has 2 fully saturated rings. The molecular weight excluding hydrogens is 326 g/mol. The third kappa shape index (κ3) is 2.75. The molecule has 26 heavy (non-hydrogen) atoms. The number of rotatable bonds is 3. The summed E-state index contributed by atoms with van der Waals surface area (Å²) in [6, 6.07) is 10.6. The average Bonchev–Trinajstić information content (AvgIpc) is 3.10. The Labute approximate surface area is 155 Å². The summed E-state index contributed by atoms with van der Waals surface area (Å²) >= 11 is 0. The van der Waals surface area contributed by atoms with Crippen LogP contribution in [0.15, 0.2) is 34.9 Å². The number of piperidine rings is 1. The van der Waals surface area contributed by atoms with Crippen molar-refractivity contribution in [3.8, 4) is 0 Å². The van der Waals surface area contributed by atoms with E-state index in [9.17, 15) is 4.79 Å². The van der Waals surface area contributed by atoms with E-state index in [1.165, 1.54) is 11.1 Å². The first-order valence-electron chi connectivity index (χ1n) is 9.47. The van der Waals surface area contributed by atoms with Crippen LogP contribution < -0.4 is 0 Å². The normalized spacial score (nSPS) is 23.1. The molecule has 5 nitrogen and oxygen atoms in total. The molecule has 2 aliphatic heterocycles. The first-order valence-corrected chi connectivity index (χ1v) is 9.47. The third-order valence-electron chi connectivity index (χ3n) is 6.56. The number of hydrogen-bond donors (Lipinski definition) is 0. The van der Waals surface area contributed by atoms with Crippen molar-refractivity contribution < 1.29 is 9.32 Å². The van der Waals surface area contributed by atoms with Gasteiger partial charge in [-0.1, -0.05) is 35.5 Å². The van der Waals surface area contributed by atoms with Crippen LogP contribution in [0, 0.1) is 13.8 Å². The summed E-state index contributed by atoms with van der Waals surface area (Å²) in [5.41, 5.74) is 3.44. The maximum atomic E-state index is 12.6. The minimum Gasteiger partial charge on any atom is -0.361 e. The van der Waals surface area contributed by atoms with Gasteiger partial charge < -0.3 is 9.42 Å². The van der Waals surface area contributed by atoms with Crippen LogP contribution in [0.5, 0.6) is 0 Å². The number of amides is 1. The SMILES string of the molecule is Cc1noc(C)c1CN1CCC2(CC1)[C@H](c1ccccc1)CC(=O)N2C. The van der Waals surface area contributed by atoms with Gasteiger partial charge in [0.2, 0.25) is 5.91 Å². The molecule has 0 bridgehead atoms. The molecule has 2 aliphatic rings. The van der Waals surface area contributed by atoms with Crippen LogP contribution in [0.4, 0.5) is 0 Å². The smallest absolute Gasteiger partial charge is 0.223 e. The van der Waals surface area contributed by atoms with Crippen molar-refractivity contribution in [1.82, 2.24) is 15.0 Å². The standard InChI is InChI=1S/C21H27N3O2/c1-15-18(16(2)26-22-15)14-24-11-9-21(10-12-24)19(13-20(25)23(21)3)17-7-5-4-6-8-17/h4-8,19H,9-14H2,1-3H3/t19-/m0/s1. The first-order chi connectivity index (χ1) is 12.5. The summed E-state index contributed by atoms with van der Waals surface area (Å²) in [6.45, 7) is 6.85. The molecule has 1 spiro atoms. The fraction of sp³-hybridized carbons (Fsp3) is 0.524. The number of hydrogen-bond acceptors (Lipinski definition) is 4. The maximum Gasteiger partial charge on any atom is 0.223 e. The Bertz CT molecular complexity index is 771. The summed E-state index contributed by atoms with van der Waals surface area (Å²) in [6.07, 6.45) is 2.65. The molecule has 4 rings (SSSR count). The topological polar surface area (TPSA) is 49.6 Å². The van der Waals surface area contributed by atoms with Gasteiger partial charge in [-0.15, -0.1) is 0 Å². The molecule has 138 valence electrons. The highest BCUT2D eigenvalue weighted by Gasteiger charge is 2.52. The van der Waals surface area contributed by atoms with Crippen molar-refractivity contribution in [3.05, 3.63) is 52.9 Å². The van der Waals surface area contributed by atoms with Gasteiger partial charge in [0.1, 0.15) is 5.76 Å². The Morgan fingerprint density at radius 1 is 1.19 bits per heavy atom. The monoisotopic (exact) mass is 353 g/mol. The van der Waals surface area contributed by atoms with Gasteiger partial charge in [-0.25, -0.2) is 0 Å². The largest absolute Gasteiger partial charge is 0.361 e. The Kier molecular flexibility index (Phi) is 4.35. The van der Waals surface area contributed by atoms with Crippen LogP contribution in [0.25, 0.3) is 0 Å². The van der Waals surface area contributed by atoms with E-state index in [0.717, 1.165) is 43.9 Å². The van der Waals surface area contributed by atoms with E-state index >= 15 is 0 Å². The number of benzene rings is 1. The summed E-state index contributed by atoms with van der Waals surface area (Å²) in [7, 11) is 2.00. The second-order valence-electron chi connectivity index (χ2n) is 7.80. The Hall–Kier alpha value is -2.14. The maximum absolute atomic E-state index is 12.6. The fourth-order valence-corrected chi connectivity index (χ4v) is 4.83. The minimum atomic E-state index is -0.0479. The van der Waals surface area contributed by atoms with Gasteiger partial charge in [0, 0.05) is 44.6 Å². The molecule has 1 aromatic carbocycles. The molecule has 0 saturated carbocycles. The lowest BCUT2D eigenvalue weighted by Gasteiger charge is -2.47. The fourth-order valence-electron chi connectivity index (χ4n) is 4.83. The van der Waals surface area contributed by atoms with Crippen LogP contribution in [0.2, 0.25) is 0 Å². The van der Waals surface area contributed by atoms with Crippen molar-refractivity contribution in [3.63, 3.8) is 0 Å². The van der Waals surface area contributed by atoms with E-state index in [1.54, 1.807) is 0 Å². The van der Waals surface area contributed by atoms with Crippen LogP contribution in [-0.4, -0.2) is 46.5 Å². The summed E-state index contributed by atoms with van der Waals surface area (Å²) in [4.78, 5) is 17.1. The van der Waals surface area contributed by atoms with Crippen molar-refractivity contribution in [2.45, 2.75) is 51.1 Å². The first kappa shape index (κ1) is 17.3. The van der Waals surface area contributed by atoms with E-state index in [0.29, 0.717) is 12.3 Å². The summed E-state index contributed by atoms with van der Waals surface area (Å²) in [5.74, 6) is 1.48. The molecule has 2 aromatic rings. The summed E-state index contributed by atoms with van der Waals surface area (Å²) in [5, 5.41) is 4.07. The number of carbonyl (C=O) groups excluding carboxylic acids is 1. The molecule has 0 unspecified atom stereocenters. The average molecular weight is 353 g/mol. The second-order valence-corrected chi connectivity index (χ2v) is 7.80. The number of likely N-dealkylation sites (tertiary alicyclic amines) is 2. The zero-order valence-electron chi connectivity index (χ0n) is 15.9. The van der Waals surface area contributed by atoms with Crippen molar-refractivity contribution in [2.24, 2.45) is 0 Å². The molecule has 0 N–H and O–H groups in total. The van der Waals surface area contributed by atoms with Gasteiger partial charge in [-0.2, -0.15) is 0 Å².